The van der Waals surface area contributed by atoms with Gasteiger partial charge in [-0.2, -0.15) is 0 Å². The van der Waals surface area contributed by atoms with Gasteiger partial charge in [0, 0.05) is 11.1 Å². The van der Waals surface area contributed by atoms with E-state index in [0.717, 1.165) is 14.1 Å². The molecule has 122 valence electrons. The summed E-state index contributed by atoms with van der Waals surface area (Å²) in [6.45, 7) is 1.93. The van der Waals surface area contributed by atoms with Gasteiger partial charge in [-0.25, -0.2) is 4.98 Å². The quantitative estimate of drug-likeness (QED) is 0.705. The summed E-state index contributed by atoms with van der Waals surface area (Å²) in [6, 6.07) is 10.9. The second kappa shape index (κ2) is 7.16. The van der Waals surface area contributed by atoms with E-state index in [1.54, 1.807) is 18.3 Å². The van der Waals surface area contributed by atoms with Crippen molar-refractivity contribution in [2.75, 3.05) is 5.32 Å². The average Bonchev–Trinajstić information content (AvgIpc) is 3.15. The smallest absolute Gasteiger partial charge is 0.266 e. The monoisotopic (exact) mass is 375 g/mol. The fourth-order valence-electron chi connectivity index (χ4n) is 1.93. The van der Waals surface area contributed by atoms with Gasteiger partial charge in [-0.1, -0.05) is 17.8 Å². The number of pyridine rings is 1. The van der Waals surface area contributed by atoms with Crippen LogP contribution in [0, 0.1) is 6.92 Å². The Kier molecular flexibility index (Phi) is 4.98. The van der Waals surface area contributed by atoms with E-state index in [9.17, 15) is 9.59 Å². The van der Waals surface area contributed by atoms with Gasteiger partial charge in [0.05, 0.1) is 14.6 Å². The van der Waals surface area contributed by atoms with Gasteiger partial charge in [-0.3, -0.25) is 9.59 Å². The molecule has 3 rings (SSSR count). The summed E-state index contributed by atoms with van der Waals surface area (Å²) in [5.41, 5.74) is 5.74. The second-order valence-electron chi connectivity index (χ2n) is 4.81. The summed E-state index contributed by atoms with van der Waals surface area (Å²) in [6.07, 6.45) is 1.70. The molecule has 3 heterocycles. The molecule has 3 aromatic heterocycles. The molecule has 24 heavy (non-hydrogen) atoms. The predicted molar refractivity (Wildman–Crippen MR) is 98.2 cm³/mol. The lowest BCUT2D eigenvalue weighted by Crippen LogP contribution is -2.15. The lowest BCUT2D eigenvalue weighted by Gasteiger charge is -2.02. The number of anilines is 1. The zero-order valence-corrected chi connectivity index (χ0v) is 15.1. The molecule has 0 aliphatic carbocycles. The molecule has 3 N–H and O–H groups in total. The molecule has 0 saturated carbocycles. The highest BCUT2D eigenvalue weighted by Crippen LogP contribution is 2.38. The minimum absolute atomic E-state index is 0.244. The number of hydrogen-bond donors (Lipinski definition) is 2. The Morgan fingerprint density at radius 3 is 2.67 bits per heavy atom. The number of aromatic nitrogens is 1. The number of primary amides is 1. The van der Waals surface area contributed by atoms with E-state index in [-0.39, 0.29) is 5.91 Å². The molecule has 0 aliphatic rings. The van der Waals surface area contributed by atoms with Crippen LogP contribution in [0.1, 0.15) is 24.9 Å². The van der Waals surface area contributed by atoms with Gasteiger partial charge in [0.2, 0.25) is 0 Å². The van der Waals surface area contributed by atoms with E-state index in [1.807, 2.05) is 31.2 Å². The van der Waals surface area contributed by atoms with Gasteiger partial charge in [0.1, 0.15) is 10.0 Å². The molecule has 0 atom stereocenters. The first-order chi connectivity index (χ1) is 11.5. The first-order valence-corrected chi connectivity index (χ1v) is 9.38. The van der Waals surface area contributed by atoms with Crippen LogP contribution in [0.15, 0.2) is 51.8 Å². The van der Waals surface area contributed by atoms with Crippen molar-refractivity contribution in [2.24, 2.45) is 5.73 Å². The number of nitrogens with one attached hydrogen (secondary N) is 1. The maximum atomic E-state index is 12.3. The van der Waals surface area contributed by atoms with E-state index in [1.165, 1.54) is 34.4 Å². The highest BCUT2D eigenvalue weighted by Gasteiger charge is 2.18. The van der Waals surface area contributed by atoms with Crippen molar-refractivity contribution in [3.05, 3.63) is 57.9 Å². The highest BCUT2D eigenvalue weighted by molar-refractivity contribution is 8.01. The van der Waals surface area contributed by atoms with E-state index in [4.69, 9.17) is 5.73 Å². The topological polar surface area (TPSA) is 85.1 Å². The number of aryl methyl sites for hydroxylation is 1. The van der Waals surface area contributed by atoms with Crippen LogP contribution < -0.4 is 11.1 Å². The fourth-order valence-corrected chi connectivity index (χ4v) is 4.80. The third kappa shape index (κ3) is 3.84. The summed E-state index contributed by atoms with van der Waals surface area (Å²) >= 11 is 4.13. The van der Waals surface area contributed by atoms with Crippen LogP contribution >= 0.6 is 34.4 Å². The maximum Gasteiger partial charge on any atom is 0.266 e. The van der Waals surface area contributed by atoms with Crippen LogP contribution in [-0.2, 0) is 0 Å². The molecule has 0 radical (unpaired) electrons. The summed E-state index contributed by atoms with van der Waals surface area (Å²) in [5.74, 6) is -0.816. The largest absolute Gasteiger partial charge is 0.366 e. The van der Waals surface area contributed by atoms with Crippen molar-refractivity contribution in [2.45, 2.75) is 16.2 Å². The molecular weight excluding hydrogens is 362 g/mol. The van der Waals surface area contributed by atoms with Gasteiger partial charge in [0.25, 0.3) is 11.8 Å². The zero-order chi connectivity index (χ0) is 17.1. The van der Waals surface area contributed by atoms with Crippen LogP contribution in [0.25, 0.3) is 0 Å². The summed E-state index contributed by atoms with van der Waals surface area (Å²) in [4.78, 5) is 29.8. The molecule has 0 aromatic carbocycles. The van der Waals surface area contributed by atoms with Gasteiger partial charge in [-0.05, 0) is 37.3 Å². The van der Waals surface area contributed by atoms with E-state index in [0.29, 0.717) is 15.4 Å². The third-order valence-electron chi connectivity index (χ3n) is 3.01. The van der Waals surface area contributed by atoms with Crippen molar-refractivity contribution in [3.63, 3.8) is 0 Å². The Balaban J connectivity index is 1.84. The van der Waals surface area contributed by atoms with Crippen molar-refractivity contribution in [1.29, 1.82) is 0 Å². The van der Waals surface area contributed by atoms with Gasteiger partial charge in [-0.15, -0.1) is 22.7 Å². The minimum Gasteiger partial charge on any atom is -0.366 e. The number of nitrogens with two attached hydrogens (primary N) is 1. The van der Waals surface area contributed by atoms with Crippen LogP contribution in [0.3, 0.4) is 0 Å². The predicted octanol–water partition coefficient (Wildman–Crippen LogP) is 4.02. The van der Waals surface area contributed by atoms with Crippen molar-refractivity contribution >= 4 is 51.3 Å². The third-order valence-corrected chi connectivity index (χ3v) is 6.12. The summed E-state index contributed by atoms with van der Waals surface area (Å²) < 4.78 is 0.833. The van der Waals surface area contributed by atoms with Gasteiger partial charge < -0.3 is 11.1 Å². The van der Waals surface area contributed by atoms with Gasteiger partial charge >= 0.3 is 0 Å². The second-order valence-corrected chi connectivity index (χ2v) is 8.47. The lowest BCUT2D eigenvalue weighted by molar-refractivity contribution is 0.100. The number of carbonyl (C=O) groups excluding carboxylic acids is 2. The molecule has 3 aromatic rings. The standard InChI is InChI=1S/C16H13N3O2S3/c1-9-5-6-11(22-9)15(21)19-16-10(14(17)20)8-13(24-16)23-12-4-2-3-7-18-12/h2-8H,1H3,(H2,17,20)(H,19,21). The van der Waals surface area contributed by atoms with Crippen LogP contribution in [0.5, 0.6) is 0 Å². The Morgan fingerprint density at radius 2 is 2.04 bits per heavy atom. The Morgan fingerprint density at radius 1 is 1.21 bits per heavy atom. The number of nitrogens with zero attached hydrogens (tertiary/aromatic N) is 1. The average molecular weight is 376 g/mol. The number of amides is 2. The Bertz CT molecular complexity index is 887. The lowest BCUT2D eigenvalue weighted by atomic mass is 10.3. The van der Waals surface area contributed by atoms with Crippen molar-refractivity contribution < 1.29 is 9.59 Å². The van der Waals surface area contributed by atoms with Gasteiger partial charge in [0.15, 0.2) is 0 Å². The molecule has 8 heteroatoms. The van der Waals surface area contributed by atoms with Crippen LogP contribution in [0.4, 0.5) is 5.00 Å². The SMILES string of the molecule is Cc1ccc(C(=O)Nc2sc(Sc3ccccn3)cc2C(N)=O)s1. The molecule has 0 unspecified atom stereocenters. The van der Waals surface area contributed by atoms with E-state index in [2.05, 4.69) is 10.3 Å². The molecule has 0 spiro atoms. The minimum atomic E-state index is -0.572. The Hall–Kier alpha value is -2.16. The van der Waals surface area contributed by atoms with E-state index >= 15 is 0 Å². The number of rotatable bonds is 5. The fraction of sp³-hybridized carbons (Fsp3) is 0.0625. The molecule has 0 bridgehead atoms. The van der Waals surface area contributed by atoms with Crippen molar-refractivity contribution in [1.82, 2.24) is 4.98 Å². The maximum absolute atomic E-state index is 12.3. The van der Waals surface area contributed by atoms with Crippen molar-refractivity contribution in [3.8, 4) is 0 Å². The molecular formula is C16H13N3O2S3. The normalized spacial score (nSPS) is 10.5. The summed E-state index contributed by atoms with van der Waals surface area (Å²) in [7, 11) is 0. The Labute approximate surface area is 150 Å². The highest BCUT2D eigenvalue weighted by atomic mass is 32.2. The van der Waals surface area contributed by atoms with Crippen LogP contribution in [0.2, 0.25) is 0 Å². The molecule has 0 fully saturated rings. The zero-order valence-electron chi connectivity index (χ0n) is 12.6. The molecule has 0 saturated heterocycles. The molecule has 5 nitrogen and oxygen atoms in total. The summed E-state index contributed by atoms with van der Waals surface area (Å²) in [5, 5.41) is 4.05. The number of carbonyl (C=O) groups is 2. The molecule has 0 aliphatic heterocycles. The van der Waals surface area contributed by atoms with Crippen LogP contribution in [-0.4, -0.2) is 16.8 Å². The van der Waals surface area contributed by atoms with E-state index < -0.39 is 5.91 Å². The number of hydrogen-bond acceptors (Lipinski definition) is 6. The number of thiophene rings is 2. The molecule has 2 amide bonds. The first kappa shape index (κ1) is 16.7. The first-order valence-electron chi connectivity index (χ1n) is 6.93.